The number of allylic oxidation sites excluding steroid dienone is 7. The number of carbonyl (C=O) groups excluding carboxylic acids is 2. The fraction of sp³-hybridized carbons (Fsp3) is 0.833. The van der Waals surface area contributed by atoms with Gasteiger partial charge in [0.1, 0.15) is 24.4 Å². The van der Waals surface area contributed by atoms with Crippen LogP contribution in [0.15, 0.2) is 48.6 Å². The number of nitrogens with one attached hydrogen (secondary N) is 1. The lowest BCUT2D eigenvalue weighted by Crippen LogP contribution is -2.61. The summed E-state index contributed by atoms with van der Waals surface area (Å²) < 4.78 is 17.6. The smallest absolute Gasteiger partial charge is 0.306 e. The monoisotopic (exact) mass is 1000 g/mol. The van der Waals surface area contributed by atoms with E-state index in [2.05, 4.69) is 62.5 Å². The Kier molecular flexibility index (Phi) is 45.6. The first kappa shape index (κ1) is 66.6. The Hall–Kier alpha value is -2.38. The molecule has 11 heteroatoms. The first-order valence-electron chi connectivity index (χ1n) is 29.4. The van der Waals surface area contributed by atoms with Gasteiger partial charge in [-0.1, -0.05) is 223 Å². The minimum Gasteiger partial charge on any atom is -0.454 e. The Morgan fingerprint density at radius 2 is 0.972 bits per heavy atom. The number of rotatable bonds is 49. The normalized spacial score (nSPS) is 19.9. The number of hydrogen-bond donors (Lipinski definition) is 6. The molecule has 1 fully saturated rings. The molecular weight excluding hydrogens is 895 g/mol. The second-order valence-electron chi connectivity index (χ2n) is 20.4. The van der Waals surface area contributed by atoms with E-state index in [4.69, 9.17) is 14.2 Å². The van der Waals surface area contributed by atoms with Crippen molar-refractivity contribution in [3.8, 4) is 0 Å². The van der Waals surface area contributed by atoms with E-state index in [9.17, 15) is 35.1 Å². The van der Waals surface area contributed by atoms with E-state index in [-0.39, 0.29) is 19.4 Å². The summed E-state index contributed by atoms with van der Waals surface area (Å²) in [5.41, 5.74) is 0. The van der Waals surface area contributed by atoms with Crippen LogP contribution in [0.3, 0.4) is 0 Å². The van der Waals surface area contributed by atoms with Gasteiger partial charge in [-0.3, -0.25) is 9.59 Å². The minimum atomic E-state index is -1.62. The maximum absolute atomic E-state index is 13.4. The maximum atomic E-state index is 13.4. The average Bonchev–Trinajstić information content (AvgIpc) is 3.37. The van der Waals surface area contributed by atoms with Crippen molar-refractivity contribution in [1.82, 2.24) is 5.32 Å². The van der Waals surface area contributed by atoms with Crippen LogP contribution in [-0.4, -0.2) is 99.6 Å². The summed E-state index contributed by atoms with van der Waals surface area (Å²) in [5, 5.41) is 56.8. The zero-order valence-corrected chi connectivity index (χ0v) is 45.6. The zero-order chi connectivity index (χ0) is 51.8. The maximum Gasteiger partial charge on any atom is 0.306 e. The number of amides is 1. The number of carbonyl (C=O) groups is 2. The Labute approximate surface area is 434 Å². The molecule has 0 aromatic carbocycles. The molecule has 0 spiro atoms. The van der Waals surface area contributed by atoms with Crippen LogP contribution in [-0.2, 0) is 23.8 Å². The molecule has 1 amide bonds. The van der Waals surface area contributed by atoms with Gasteiger partial charge in [0.15, 0.2) is 12.4 Å². The van der Waals surface area contributed by atoms with Crippen molar-refractivity contribution >= 4 is 11.9 Å². The predicted octanol–water partition coefficient (Wildman–Crippen LogP) is 13.3. The summed E-state index contributed by atoms with van der Waals surface area (Å²) in [6, 6.07) is -1.03. The largest absolute Gasteiger partial charge is 0.454 e. The number of ether oxygens (including phenoxy) is 3. The summed E-state index contributed by atoms with van der Waals surface area (Å²) in [6.45, 7) is 5.73. The summed E-state index contributed by atoms with van der Waals surface area (Å²) >= 11 is 0. The number of unbranched alkanes of at least 4 members (excludes halogenated alkanes) is 30. The molecule has 414 valence electrons. The van der Waals surface area contributed by atoms with Gasteiger partial charge in [-0.15, -0.1) is 0 Å². The van der Waals surface area contributed by atoms with Gasteiger partial charge in [0.25, 0.3) is 0 Å². The van der Waals surface area contributed by atoms with E-state index in [0.29, 0.717) is 12.8 Å². The third kappa shape index (κ3) is 37.1. The highest BCUT2D eigenvalue weighted by Crippen LogP contribution is 2.26. The van der Waals surface area contributed by atoms with Crippen LogP contribution in [0, 0.1) is 0 Å². The molecule has 0 radical (unpaired) electrons. The van der Waals surface area contributed by atoms with Gasteiger partial charge < -0.3 is 45.1 Å². The van der Waals surface area contributed by atoms with Crippen molar-refractivity contribution in [2.75, 3.05) is 13.2 Å². The van der Waals surface area contributed by atoms with Gasteiger partial charge in [-0.05, 0) is 77.0 Å². The highest BCUT2D eigenvalue weighted by atomic mass is 16.7. The second kappa shape index (κ2) is 48.6. The van der Waals surface area contributed by atoms with Crippen molar-refractivity contribution < 1.29 is 49.3 Å². The van der Waals surface area contributed by atoms with Gasteiger partial charge in [-0.2, -0.15) is 0 Å². The zero-order valence-electron chi connectivity index (χ0n) is 45.6. The van der Waals surface area contributed by atoms with Crippen molar-refractivity contribution in [3.05, 3.63) is 48.6 Å². The highest BCUT2D eigenvalue weighted by Gasteiger charge is 2.47. The van der Waals surface area contributed by atoms with E-state index in [1.165, 1.54) is 116 Å². The number of esters is 1. The third-order valence-corrected chi connectivity index (χ3v) is 13.7. The molecule has 0 bridgehead atoms. The molecule has 0 saturated carbocycles. The molecule has 0 aromatic rings. The first-order chi connectivity index (χ1) is 34.7. The molecule has 0 aromatic heterocycles. The number of aliphatic hydroxyl groups is 5. The summed E-state index contributed by atoms with van der Waals surface area (Å²) in [5.74, 6) is -1.21. The van der Waals surface area contributed by atoms with Crippen LogP contribution >= 0.6 is 0 Å². The first-order valence-corrected chi connectivity index (χ1v) is 29.4. The molecule has 71 heavy (non-hydrogen) atoms. The van der Waals surface area contributed by atoms with Gasteiger partial charge in [0.2, 0.25) is 5.91 Å². The Morgan fingerprint density at radius 3 is 1.49 bits per heavy atom. The van der Waals surface area contributed by atoms with Crippen molar-refractivity contribution in [1.29, 1.82) is 0 Å². The lowest BCUT2D eigenvalue weighted by Gasteiger charge is -2.41. The van der Waals surface area contributed by atoms with Crippen LogP contribution in [0.5, 0.6) is 0 Å². The lowest BCUT2D eigenvalue weighted by molar-refractivity contribution is -0.305. The third-order valence-electron chi connectivity index (χ3n) is 13.7. The molecule has 11 nitrogen and oxygen atoms in total. The van der Waals surface area contributed by atoms with Crippen LogP contribution in [0.2, 0.25) is 0 Å². The topological polar surface area (TPSA) is 175 Å². The predicted molar refractivity (Wildman–Crippen MR) is 292 cm³/mol. The quantitative estimate of drug-likeness (QED) is 0.0149. The minimum absolute atomic E-state index is 0.110. The molecule has 1 aliphatic rings. The van der Waals surface area contributed by atoms with E-state index < -0.39 is 67.4 Å². The summed E-state index contributed by atoms with van der Waals surface area (Å²) in [4.78, 5) is 26.5. The van der Waals surface area contributed by atoms with E-state index in [1.807, 2.05) is 6.08 Å². The van der Waals surface area contributed by atoms with Crippen LogP contribution in [0.4, 0.5) is 0 Å². The van der Waals surface area contributed by atoms with E-state index >= 15 is 0 Å². The van der Waals surface area contributed by atoms with E-state index in [0.717, 1.165) is 96.3 Å². The molecule has 0 aliphatic carbocycles. The van der Waals surface area contributed by atoms with Gasteiger partial charge >= 0.3 is 5.97 Å². The van der Waals surface area contributed by atoms with E-state index in [1.54, 1.807) is 6.08 Å². The van der Waals surface area contributed by atoms with Crippen LogP contribution in [0.1, 0.15) is 258 Å². The molecule has 6 N–H and O–H groups in total. The van der Waals surface area contributed by atoms with Gasteiger partial charge in [-0.25, -0.2) is 0 Å². The number of aliphatic hydroxyl groups excluding tert-OH is 5. The molecule has 8 atom stereocenters. The van der Waals surface area contributed by atoms with Crippen molar-refractivity contribution in [2.45, 2.75) is 307 Å². The van der Waals surface area contributed by atoms with Gasteiger partial charge in [0.05, 0.1) is 25.4 Å². The standard InChI is InChI=1S/C60H109NO10/c1-4-7-10-13-16-19-22-25-27-30-33-36-39-42-45-48-55(65)71-58-57(67)56(66)54(49-62)70-60(58)69-50-51(52(63)46-43-40-37-34-31-28-24-21-18-15-12-9-6-3)61-59(68)53(64)47-44-41-38-35-32-29-26-23-20-17-14-11-8-5-2/h16,19-20,22-23,25,43,46,51-54,56-58,60,62-64,66-67H,4-15,17-18,21,24,26-42,44-45,47-50H2,1-3H3,(H,61,68)/b19-16+,23-20-,25-22+,46-43+. The fourth-order valence-corrected chi connectivity index (χ4v) is 8.99. The van der Waals surface area contributed by atoms with Crippen molar-refractivity contribution in [3.63, 3.8) is 0 Å². The van der Waals surface area contributed by atoms with Crippen LogP contribution < -0.4 is 5.32 Å². The molecular formula is C60H109NO10. The summed E-state index contributed by atoms with van der Waals surface area (Å²) in [7, 11) is 0. The van der Waals surface area contributed by atoms with Crippen LogP contribution in [0.25, 0.3) is 0 Å². The fourth-order valence-electron chi connectivity index (χ4n) is 8.99. The lowest BCUT2D eigenvalue weighted by atomic mass is 9.99. The Balaban J connectivity index is 2.74. The highest BCUT2D eigenvalue weighted by molar-refractivity contribution is 5.80. The molecule has 1 rings (SSSR count). The molecule has 1 heterocycles. The summed E-state index contributed by atoms with van der Waals surface area (Å²) in [6.07, 6.45) is 47.1. The SMILES string of the molecule is CCCCC/C=C/C=C/CCCCCCCCC(=O)OC1C(OCC(NC(=O)C(O)CCCCCCCC/C=C\CCCCCC)C(O)/C=C/CCCCCCCCCCCCC)OC(CO)C(O)C1O. The molecule has 8 unspecified atom stereocenters. The average molecular weight is 1000 g/mol. The molecule has 1 aliphatic heterocycles. The second-order valence-corrected chi connectivity index (χ2v) is 20.4. The van der Waals surface area contributed by atoms with Gasteiger partial charge in [0, 0.05) is 6.42 Å². The number of hydrogen-bond acceptors (Lipinski definition) is 10. The Morgan fingerprint density at radius 1 is 0.549 bits per heavy atom. The van der Waals surface area contributed by atoms with Crippen molar-refractivity contribution in [2.24, 2.45) is 0 Å². The Bertz CT molecular complexity index is 1340. The molecule has 1 saturated heterocycles.